The van der Waals surface area contributed by atoms with Crippen LogP contribution >= 0.6 is 0 Å². The molecule has 3 heterocycles. The van der Waals surface area contributed by atoms with Crippen molar-refractivity contribution in [3.8, 4) is 11.6 Å². The van der Waals surface area contributed by atoms with E-state index in [9.17, 15) is 4.79 Å². The van der Waals surface area contributed by atoms with Crippen molar-refractivity contribution in [2.24, 2.45) is 5.92 Å². The topological polar surface area (TPSA) is 68.2 Å². The summed E-state index contributed by atoms with van der Waals surface area (Å²) >= 11 is 0. The molecule has 26 heavy (non-hydrogen) atoms. The van der Waals surface area contributed by atoms with E-state index in [-0.39, 0.29) is 12.0 Å². The molecule has 1 atom stereocenters. The third kappa shape index (κ3) is 3.41. The van der Waals surface area contributed by atoms with Gasteiger partial charge in [-0.05, 0) is 44.7 Å². The Morgan fingerprint density at radius 1 is 1.19 bits per heavy atom. The Hall–Kier alpha value is -2.50. The molecule has 1 amide bonds. The average molecular weight is 352 g/mol. The van der Waals surface area contributed by atoms with Crippen molar-refractivity contribution >= 4 is 5.91 Å². The van der Waals surface area contributed by atoms with Gasteiger partial charge in [0.2, 0.25) is 11.8 Å². The first-order chi connectivity index (χ1) is 12.7. The molecule has 0 N–H and O–H groups in total. The molecule has 1 saturated heterocycles. The molecule has 2 aliphatic rings. The minimum atomic E-state index is 0.00847. The molecule has 6 heteroatoms. The molecule has 0 unspecified atom stereocenters. The smallest absolute Gasteiger partial charge is 0.238 e. The van der Waals surface area contributed by atoms with Gasteiger partial charge in [0.1, 0.15) is 0 Å². The molecule has 136 valence electrons. The largest absolute Gasteiger partial charge is 0.436 e. The maximum Gasteiger partial charge on any atom is 0.238 e. The fraction of sp³-hybridized carbons (Fsp3) is 0.500. The summed E-state index contributed by atoms with van der Waals surface area (Å²) < 4.78 is 5.87. The zero-order chi connectivity index (χ0) is 17.9. The fourth-order valence-electron chi connectivity index (χ4n) is 4.01. The van der Waals surface area contributed by atoms with Crippen molar-refractivity contribution in [3.63, 3.8) is 0 Å². The summed E-state index contributed by atoms with van der Waals surface area (Å²) in [5.74, 6) is 1.60. The molecule has 1 aliphatic carbocycles. The van der Waals surface area contributed by atoms with Crippen LogP contribution < -0.4 is 4.74 Å². The first kappa shape index (κ1) is 16.9. The number of amides is 1. The van der Waals surface area contributed by atoms with Crippen LogP contribution in [0.3, 0.4) is 0 Å². The van der Waals surface area contributed by atoms with Crippen molar-refractivity contribution in [2.45, 2.75) is 51.5 Å². The summed E-state index contributed by atoms with van der Waals surface area (Å²) in [5.41, 5.74) is 1.62. The van der Waals surface area contributed by atoms with Crippen LogP contribution in [0.1, 0.15) is 56.0 Å². The number of aryl methyl sites for hydroxylation is 1. The maximum atomic E-state index is 12.9. The van der Waals surface area contributed by atoms with Crippen LogP contribution in [-0.2, 0) is 4.79 Å². The number of likely N-dealkylation sites (tertiary alicyclic amines) is 1. The zero-order valence-electron chi connectivity index (χ0n) is 15.1. The van der Waals surface area contributed by atoms with Gasteiger partial charge >= 0.3 is 0 Å². The molecule has 1 saturated carbocycles. The highest BCUT2D eigenvalue weighted by molar-refractivity contribution is 5.79. The predicted octanol–water partition coefficient (Wildman–Crippen LogP) is 3.83. The second-order valence-electron chi connectivity index (χ2n) is 7.14. The van der Waals surface area contributed by atoms with Gasteiger partial charge in [0.25, 0.3) is 0 Å². The van der Waals surface area contributed by atoms with Crippen LogP contribution in [-0.4, -0.2) is 32.3 Å². The predicted molar refractivity (Wildman–Crippen MR) is 96.7 cm³/mol. The Labute approximate surface area is 153 Å². The van der Waals surface area contributed by atoms with Crippen molar-refractivity contribution in [2.75, 3.05) is 6.54 Å². The normalized spacial score (nSPS) is 20.5. The zero-order valence-corrected chi connectivity index (χ0v) is 15.1. The number of nitrogens with zero attached hydrogens (tertiary/aromatic N) is 4. The van der Waals surface area contributed by atoms with E-state index in [0.29, 0.717) is 17.5 Å². The maximum absolute atomic E-state index is 12.9. The lowest BCUT2D eigenvalue weighted by atomic mass is 10.1. The number of aromatic nitrogens is 3. The Morgan fingerprint density at radius 3 is 2.85 bits per heavy atom. The third-order valence-electron chi connectivity index (χ3n) is 5.39. The van der Waals surface area contributed by atoms with Gasteiger partial charge < -0.3 is 9.64 Å². The molecule has 6 nitrogen and oxygen atoms in total. The number of pyridine rings is 1. The number of hydrogen-bond donors (Lipinski definition) is 0. The van der Waals surface area contributed by atoms with Gasteiger partial charge in [-0.2, -0.15) is 0 Å². The van der Waals surface area contributed by atoms with Crippen LogP contribution in [0, 0.1) is 12.8 Å². The van der Waals surface area contributed by atoms with Gasteiger partial charge in [0.05, 0.1) is 29.8 Å². The highest BCUT2D eigenvalue weighted by Crippen LogP contribution is 2.36. The van der Waals surface area contributed by atoms with Crippen molar-refractivity contribution in [1.29, 1.82) is 0 Å². The minimum Gasteiger partial charge on any atom is -0.436 e. The molecule has 0 aromatic carbocycles. The number of carbonyl (C=O) groups is 1. The fourth-order valence-corrected chi connectivity index (χ4v) is 4.01. The number of ether oxygens (including phenoxy) is 1. The first-order valence-electron chi connectivity index (χ1n) is 9.44. The van der Waals surface area contributed by atoms with Crippen molar-refractivity contribution in [1.82, 2.24) is 19.9 Å². The van der Waals surface area contributed by atoms with Gasteiger partial charge in [-0.3, -0.25) is 14.8 Å². The first-order valence-corrected chi connectivity index (χ1v) is 9.44. The highest BCUT2D eigenvalue weighted by atomic mass is 16.5. The Bertz CT molecular complexity index is 789. The lowest BCUT2D eigenvalue weighted by Crippen LogP contribution is -2.35. The Balaban J connectivity index is 1.53. The molecule has 4 rings (SSSR count). The summed E-state index contributed by atoms with van der Waals surface area (Å²) in [4.78, 5) is 28.1. The molecule has 2 aromatic rings. The molecule has 1 aliphatic heterocycles. The molecule has 0 bridgehead atoms. The lowest BCUT2D eigenvalue weighted by molar-refractivity contribution is -0.136. The van der Waals surface area contributed by atoms with Gasteiger partial charge in [0, 0.05) is 18.7 Å². The van der Waals surface area contributed by atoms with Gasteiger partial charge in [-0.1, -0.05) is 12.8 Å². The van der Waals surface area contributed by atoms with E-state index in [1.54, 1.807) is 18.6 Å². The molecule has 0 radical (unpaired) electrons. The van der Waals surface area contributed by atoms with Crippen LogP contribution in [0.25, 0.3) is 0 Å². The Morgan fingerprint density at radius 2 is 2.04 bits per heavy atom. The van der Waals surface area contributed by atoms with Crippen molar-refractivity contribution in [3.05, 3.63) is 42.1 Å². The van der Waals surface area contributed by atoms with Gasteiger partial charge in [0.15, 0.2) is 5.75 Å². The second kappa shape index (κ2) is 7.40. The van der Waals surface area contributed by atoms with E-state index in [1.165, 1.54) is 12.8 Å². The van der Waals surface area contributed by atoms with Gasteiger partial charge in [-0.25, -0.2) is 4.98 Å². The monoisotopic (exact) mass is 352 g/mol. The SMILES string of the molecule is Cc1ncccc1Oc1cncc([C@H]2CCCN2C(=O)C2CCCC2)n1. The van der Waals surface area contributed by atoms with Crippen LogP contribution in [0.15, 0.2) is 30.7 Å². The molecular formula is C20H24N4O2. The summed E-state index contributed by atoms with van der Waals surface area (Å²) in [6.45, 7) is 2.71. The summed E-state index contributed by atoms with van der Waals surface area (Å²) in [7, 11) is 0. The van der Waals surface area contributed by atoms with Crippen LogP contribution in [0.2, 0.25) is 0 Å². The molecule has 0 spiro atoms. The molecule has 2 aromatic heterocycles. The quantitative estimate of drug-likeness (QED) is 0.836. The molecule has 2 fully saturated rings. The highest BCUT2D eigenvalue weighted by Gasteiger charge is 2.35. The minimum absolute atomic E-state index is 0.00847. The van der Waals surface area contributed by atoms with E-state index in [1.807, 2.05) is 24.0 Å². The van der Waals surface area contributed by atoms with Gasteiger partial charge in [-0.15, -0.1) is 0 Å². The van der Waals surface area contributed by atoms with Crippen molar-refractivity contribution < 1.29 is 9.53 Å². The number of carbonyl (C=O) groups excluding carboxylic acids is 1. The summed E-state index contributed by atoms with van der Waals surface area (Å²) in [6.07, 6.45) is 11.4. The second-order valence-corrected chi connectivity index (χ2v) is 7.14. The molecular weight excluding hydrogens is 328 g/mol. The van der Waals surface area contributed by atoms with Crippen LogP contribution in [0.5, 0.6) is 11.6 Å². The lowest BCUT2D eigenvalue weighted by Gasteiger charge is -2.27. The third-order valence-corrected chi connectivity index (χ3v) is 5.39. The number of hydrogen-bond acceptors (Lipinski definition) is 5. The summed E-state index contributed by atoms with van der Waals surface area (Å²) in [5, 5.41) is 0. The van der Waals surface area contributed by atoms with E-state index in [4.69, 9.17) is 4.74 Å². The standard InChI is InChI=1S/C20H24N4O2/c1-14-18(9-4-10-22-14)26-19-13-21-12-16(23-19)17-8-5-11-24(17)20(25)15-6-2-3-7-15/h4,9-10,12-13,15,17H,2-3,5-8,11H2,1H3/t17-/m1/s1. The Kier molecular flexibility index (Phi) is 4.82. The van der Waals surface area contributed by atoms with Crippen LogP contribution in [0.4, 0.5) is 0 Å². The van der Waals surface area contributed by atoms with E-state index in [2.05, 4.69) is 15.0 Å². The average Bonchev–Trinajstić information content (AvgIpc) is 3.35. The number of rotatable bonds is 4. The van der Waals surface area contributed by atoms with E-state index < -0.39 is 0 Å². The van der Waals surface area contributed by atoms with E-state index in [0.717, 1.165) is 43.6 Å². The summed E-state index contributed by atoms with van der Waals surface area (Å²) in [6, 6.07) is 3.70. The van der Waals surface area contributed by atoms with E-state index >= 15 is 0 Å².